The Balaban J connectivity index is 1.29. The third-order valence-corrected chi connectivity index (χ3v) is 9.33. The van der Waals surface area contributed by atoms with Gasteiger partial charge in [0.25, 0.3) is 0 Å². The Morgan fingerprint density at radius 3 is 1.78 bits per heavy atom. The molecule has 7 nitrogen and oxygen atoms in total. The molecule has 0 radical (unpaired) electrons. The lowest BCUT2D eigenvalue weighted by molar-refractivity contribution is -0.152. The molecule has 1 N–H and O–H groups in total. The van der Waals surface area contributed by atoms with E-state index in [1.807, 2.05) is 73.3 Å². The Bertz CT molecular complexity index is 1330. The van der Waals surface area contributed by atoms with Crippen LogP contribution in [0.1, 0.15) is 43.4 Å². The van der Waals surface area contributed by atoms with Crippen LogP contribution in [0.15, 0.2) is 91.0 Å². The first-order valence-electron chi connectivity index (χ1n) is 14.6. The van der Waals surface area contributed by atoms with Gasteiger partial charge in [-0.15, -0.1) is 0 Å². The fourth-order valence-electron chi connectivity index (χ4n) is 7.30. The van der Waals surface area contributed by atoms with E-state index >= 15 is 0 Å². The number of carbonyl (C=O) groups excluding carboxylic acids is 2. The fourth-order valence-corrected chi connectivity index (χ4v) is 7.30. The molecule has 4 atom stereocenters. The summed E-state index contributed by atoms with van der Waals surface area (Å²) in [5.74, 6) is -1.23. The van der Waals surface area contributed by atoms with Crippen molar-refractivity contribution in [2.24, 2.45) is 11.3 Å². The summed E-state index contributed by atoms with van der Waals surface area (Å²) >= 11 is 0. The van der Waals surface area contributed by atoms with Crippen molar-refractivity contribution in [3.05, 3.63) is 108 Å². The lowest BCUT2D eigenvalue weighted by Gasteiger charge is -2.38. The molecule has 3 aliphatic heterocycles. The molecule has 212 valence electrons. The highest BCUT2D eigenvalue weighted by Crippen LogP contribution is 2.49. The Hall–Kier alpha value is -3.97. The van der Waals surface area contributed by atoms with Crippen LogP contribution >= 0.6 is 0 Å². The summed E-state index contributed by atoms with van der Waals surface area (Å²) in [4.78, 5) is 45.4. The Morgan fingerprint density at radius 1 is 0.829 bits per heavy atom. The van der Waals surface area contributed by atoms with Crippen LogP contribution in [0.2, 0.25) is 0 Å². The number of carbonyl (C=O) groups is 3. The molecule has 7 heteroatoms. The van der Waals surface area contributed by atoms with Crippen LogP contribution in [0.3, 0.4) is 0 Å². The molecular formula is C34H37N3O4. The van der Waals surface area contributed by atoms with Crippen molar-refractivity contribution in [2.75, 3.05) is 26.2 Å². The van der Waals surface area contributed by atoms with Crippen molar-refractivity contribution in [1.82, 2.24) is 14.7 Å². The zero-order valence-corrected chi connectivity index (χ0v) is 23.6. The predicted octanol–water partition coefficient (Wildman–Crippen LogP) is 4.22. The molecule has 0 aliphatic carbocycles. The standard InChI is InChI=1S/C34H37N3O4/c1-24(2)29(31(39)40)36-21-19-33(32(36)41)18-20-35(23-33)30(38)28-22-37(28)34(25-12-6-3-7-13-25,26-14-8-4-9-15-26)27-16-10-5-11-17-27/h3-17,24,28-29H,18-23H2,1-2H3,(H,39,40). The number of hydrogen-bond donors (Lipinski definition) is 1. The van der Waals surface area contributed by atoms with E-state index in [2.05, 4.69) is 41.3 Å². The number of amides is 2. The molecule has 3 aromatic rings. The second-order valence-corrected chi connectivity index (χ2v) is 12.0. The molecule has 1 spiro atoms. The number of hydrogen-bond acceptors (Lipinski definition) is 4. The number of likely N-dealkylation sites (tertiary alicyclic amines) is 2. The van der Waals surface area contributed by atoms with Gasteiger partial charge in [-0.2, -0.15) is 0 Å². The Labute approximate surface area is 241 Å². The highest BCUT2D eigenvalue weighted by Gasteiger charge is 2.59. The molecule has 0 saturated carbocycles. The topological polar surface area (TPSA) is 80.9 Å². The summed E-state index contributed by atoms with van der Waals surface area (Å²) in [7, 11) is 0. The van der Waals surface area contributed by atoms with Crippen LogP contribution < -0.4 is 0 Å². The molecule has 2 amide bonds. The summed E-state index contributed by atoms with van der Waals surface area (Å²) in [6, 6.07) is 29.9. The van der Waals surface area contributed by atoms with Gasteiger partial charge in [-0.3, -0.25) is 14.5 Å². The molecule has 6 rings (SSSR count). The van der Waals surface area contributed by atoms with Crippen molar-refractivity contribution in [3.63, 3.8) is 0 Å². The number of benzene rings is 3. The number of carboxylic acid groups (broad SMARTS) is 1. The number of aliphatic carboxylic acids is 1. The molecule has 3 saturated heterocycles. The average Bonchev–Trinajstić information content (AvgIpc) is 3.57. The van der Waals surface area contributed by atoms with Crippen LogP contribution in [0.25, 0.3) is 0 Å². The summed E-state index contributed by atoms with van der Waals surface area (Å²) in [5, 5.41) is 9.80. The van der Waals surface area contributed by atoms with E-state index in [0.717, 1.165) is 16.7 Å². The second kappa shape index (κ2) is 10.5. The predicted molar refractivity (Wildman–Crippen MR) is 156 cm³/mol. The Morgan fingerprint density at radius 2 is 1.32 bits per heavy atom. The van der Waals surface area contributed by atoms with Gasteiger partial charge in [0.15, 0.2) is 0 Å². The third kappa shape index (κ3) is 4.43. The van der Waals surface area contributed by atoms with E-state index in [0.29, 0.717) is 39.0 Å². The summed E-state index contributed by atoms with van der Waals surface area (Å²) < 4.78 is 0. The maximum atomic E-state index is 14.1. The fraction of sp³-hybridized carbons (Fsp3) is 0.382. The first kappa shape index (κ1) is 27.2. The van der Waals surface area contributed by atoms with Crippen molar-refractivity contribution < 1.29 is 19.5 Å². The first-order chi connectivity index (χ1) is 19.8. The van der Waals surface area contributed by atoms with E-state index in [-0.39, 0.29) is 23.8 Å². The van der Waals surface area contributed by atoms with Gasteiger partial charge in [0.1, 0.15) is 12.1 Å². The second-order valence-electron chi connectivity index (χ2n) is 12.0. The van der Waals surface area contributed by atoms with Gasteiger partial charge in [0.2, 0.25) is 11.8 Å². The lowest BCUT2D eigenvalue weighted by Crippen LogP contribution is -2.48. The van der Waals surface area contributed by atoms with E-state index in [9.17, 15) is 19.5 Å². The molecule has 0 aromatic heterocycles. The maximum Gasteiger partial charge on any atom is 0.326 e. The zero-order valence-electron chi connectivity index (χ0n) is 23.6. The number of carboxylic acids is 1. The summed E-state index contributed by atoms with van der Waals surface area (Å²) in [6.45, 7) is 5.56. The minimum absolute atomic E-state index is 0.0407. The van der Waals surface area contributed by atoms with Gasteiger partial charge < -0.3 is 14.9 Å². The van der Waals surface area contributed by atoms with Crippen molar-refractivity contribution in [1.29, 1.82) is 0 Å². The lowest BCUT2D eigenvalue weighted by atomic mass is 9.76. The SMILES string of the molecule is CC(C)C(C(=O)O)N1CCC2(CCN(C(=O)C3CN3C(c3ccccc3)(c3ccccc3)c3ccccc3)C2)C1=O. The van der Waals surface area contributed by atoms with Gasteiger partial charge in [-0.05, 0) is 35.4 Å². The molecule has 3 aromatic carbocycles. The van der Waals surface area contributed by atoms with Gasteiger partial charge >= 0.3 is 5.97 Å². The molecule has 3 aliphatic rings. The van der Waals surface area contributed by atoms with Crippen LogP contribution in [-0.2, 0) is 19.9 Å². The monoisotopic (exact) mass is 551 g/mol. The van der Waals surface area contributed by atoms with Crippen LogP contribution in [0.5, 0.6) is 0 Å². The third-order valence-electron chi connectivity index (χ3n) is 9.33. The van der Waals surface area contributed by atoms with Crippen LogP contribution in [0.4, 0.5) is 0 Å². The Kier molecular flexibility index (Phi) is 6.94. The van der Waals surface area contributed by atoms with Crippen molar-refractivity contribution in [3.8, 4) is 0 Å². The molecular weight excluding hydrogens is 514 g/mol. The minimum atomic E-state index is -0.968. The minimum Gasteiger partial charge on any atom is -0.480 e. The largest absolute Gasteiger partial charge is 0.480 e. The molecule has 41 heavy (non-hydrogen) atoms. The first-order valence-corrected chi connectivity index (χ1v) is 14.6. The van der Waals surface area contributed by atoms with Crippen molar-refractivity contribution in [2.45, 2.75) is 44.3 Å². The highest BCUT2D eigenvalue weighted by molar-refractivity contribution is 5.92. The van der Waals surface area contributed by atoms with E-state index in [4.69, 9.17) is 0 Å². The molecule has 0 bridgehead atoms. The van der Waals surface area contributed by atoms with Gasteiger partial charge in [-0.1, -0.05) is 105 Å². The molecule has 3 heterocycles. The molecule has 4 unspecified atom stereocenters. The smallest absolute Gasteiger partial charge is 0.326 e. The molecule has 3 fully saturated rings. The zero-order chi connectivity index (χ0) is 28.8. The summed E-state index contributed by atoms with van der Waals surface area (Å²) in [6.07, 6.45) is 1.16. The van der Waals surface area contributed by atoms with Crippen molar-refractivity contribution >= 4 is 17.8 Å². The van der Waals surface area contributed by atoms with Gasteiger partial charge in [-0.25, -0.2) is 4.79 Å². The van der Waals surface area contributed by atoms with Gasteiger partial charge in [0.05, 0.1) is 11.0 Å². The van der Waals surface area contributed by atoms with E-state index in [1.165, 1.54) is 4.90 Å². The summed E-state index contributed by atoms with van der Waals surface area (Å²) in [5.41, 5.74) is 1.96. The highest BCUT2D eigenvalue weighted by atomic mass is 16.4. The van der Waals surface area contributed by atoms with Gasteiger partial charge in [0, 0.05) is 26.2 Å². The van der Waals surface area contributed by atoms with E-state index in [1.54, 1.807) is 0 Å². The number of nitrogens with zero attached hydrogens (tertiary/aromatic N) is 3. The van der Waals surface area contributed by atoms with Crippen LogP contribution in [-0.4, -0.2) is 75.9 Å². The normalized spacial score (nSPS) is 24.7. The number of rotatable bonds is 8. The van der Waals surface area contributed by atoms with E-state index < -0.39 is 23.0 Å². The quantitative estimate of drug-likeness (QED) is 0.335. The average molecular weight is 552 g/mol. The van der Waals surface area contributed by atoms with Crippen LogP contribution in [0, 0.1) is 11.3 Å². The maximum absolute atomic E-state index is 14.1.